The first-order chi connectivity index (χ1) is 6.66. The minimum Gasteiger partial charge on any atom is -0.452 e. The summed E-state index contributed by atoms with van der Waals surface area (Å²) >= 11 is 0. The van der Waals surface area contributed by atoms with Crippen LogP contribution in [0.5, 0.6) is 0 Å². The van der Waals surface area contributed by atoms with Gasteiger partial charge in [-0.1, -0.05) is 6.08 Å². The highest BCUT2D eigenvalue weighted by molar-refractivity contribution is 5.83. The summed E-state index contributed by atoms with van der Waals surface area (Å²) in [5, 5.41) is 9.31. The topological polar surface area (TPSA) is 55.8 Å². The van der Waals surface area contributed by atoms with E-state index in [4.69, 9.17) is 9.47 Å². The maximum absolute atomic E-state index is 10.9. The summed E-state index contributed by atoms with van der Waals surface area (Å²) in [4.78, 5) is 10.9. The minimum absolute atomic E-state index is 0.266. The summed E-state index contributed by atoms with van der Waals surface area (Å²) in [6, 6.07) is 0. The van der Waals surface area contributed by atoms with E-state index in [2.05, 4.69) is 0 Å². The van der Waals surface area contributed by atoms with Crippen LogP contribution in [0.25, 0.3) is 0 Å². The minimum atomic E-state index is -0.557. The van der Waals surface area contributed by atoms with Crippen molar-refractivity contribution >= 4 is 5.97 Å². The summed E-state index contributed by atoms with van der Waals surface area (Å²) < 4.78 is 10.5. The van der Waals surface area contributed by atoms with Crippen LogP contribution in [0.1, 0.15) is 6.92 Å². The Labute approximate surface area is 81.8 Å². The first kappa shape index (κ1) is 9.43. The first-order valence-electron chi connectivity index (χ1n) is 4.57. The molecule has 0 aromatic carbocycles. The maximum atomic E-state index is 10.9. The predicted octanol–water partition coefficient (Wildman–Crippen LogP) is 0.172. The van der Waals surface area contributed by atoms with Crippen LogP contribution in [0.2, 0.25) is 0 Å². The lowest BCUT2D eigenvalue weighted by Crippen LogP contribution is -2.42. The fourth-order valence-corrected chi connectivity index (χ4v) is 1.52. The molecule has 0 fully saturated rings. The summed E-state index contributed by atoms with van der Waals surface area (Å²) in [5.74, 6) is -0.352. The van der Waals surface area contributed by atoms with Crippen molar-refractivity contribution in [2.24, 2.45) is 0 Å². The van der Waals surface area contributed by atoms with Crippen LogP contribution < -0.4 is 0 Å². The Balaban J connectivity index is 2.12. The normalized spacial score (nSPS) is 37.6. The van der Waals surface area contributed by atoms with E-state index in [-0.39, 0.29) is 24.3 Å². The van der Waals surface area contributed by atoms with Gasteiger partial charge in [0.05, 0.1) is 6.10 Å². The average molecular weight is 196 g/mol. The van der Waals surface area contributed by atoms with Crippen molar-refractivity contribution in [2.45, 2.75) is 31.3 Å². The molecule has 4 atom stereocenters. The lowest BCUT2D eigenvalue weighted by molar-refractivity contribution is -0.153. The van der Waals surface area contributed by atoms with E-state index < -0.39 is 6.10 Å². The Hall–Kier alpha value is -1.13. The zero-order valence-corrected chi connectivity index (χ0v) is 7.79. The number of aliphatic hydroxyl groups excluding tert-OH is 1. The molecule has 2 aliphatic rings. The van der Waals surface area contributed by atoms with Gasteiger partial charge in [-0.15, -0.1) is 0 Å². The lowest BCUT2D eigenvalue weighted by Gasteiger charge is -2.33. The van der Waals surface area contributed by atoms with Crippen molar-refractivity contribution in [3.63, 3.8) is 0 Å². The number of ether oxygens (including phenoxy) is 2. The average Bonchev–Trinajstić information content (AvgIpc) is 2.16. The maximum Gasteiger partial charge on any atom is 0.331 e. The fourth-order valence-electron chi connectivity index (χ4n) is 1.52. The standard InChI is InChI=1S/C10H12O4/c1-6(11)7-2-3-9-8(13-7)4-5-10(12)14-9/h2-9,11H,1H3/t6-,7+,8?,9-/m1/s1. The van der Waals surface area contributed by atoms with E-state index in [1.54, 1.807) is 25.2 Å². The molecule has 76 valence electrons. The van der Waals surface area contributed by atoms with Crippen molar-refractivity contribution in [1.29, 1.82) is 0 Å². The molecule has 4 heteroatoms. The smallest absolute Gasteiger partial charge is 0.331 e. The Kier molecular flexibility index (Phi) is 2.39. The molecule has 0 saturated carbocycles. The molecule has 0 aromatic rings. The van der Waals surface area contributed by atoms with Gasteiger partial charge in [-0.2, -0.15) is 0 Å². The van der Waals surface area contributed by atoms with Gasteiger partial charge in [-0.05, 0) is 19.1 Å². The third kappa shape index (κ3) is 1.71. The van der Waals surface area contributed by atoms with Crippen LogP contribution in [0.4, 0.5) is 0 Å². The summed E-state index contributed by atoms with van der Waals surface area (Å²) in [5.41, 5.74) is 0. The molecule has 0 amide bonds. The van der Waals surface area contributed by atoms with Gasteiger partial charge in [0.25, 0.3) is 0 Å². The first-order valence-corrected chi connectivity index (χ1v) is 4.57. The highest BCUT2D eigenvalue weighted by Crippen LogP contribution is 2.21. The van der Waals surface area contributed by atoms with Gasteiger partial charge in [0.2, 0.25) is 0 Å². The van der Waals surface area contributed by atoms with Gasteiger partial charge in [0, 0.05) is 6.08 Å². The number of fused-ring (bicyclic) bond motifs is 1. The molecule has 1 unspecified atom stereocenters. The molecule has 0 radical (unpaired) electrons. The monoisotopic (exact) mass is 196 g/mol. The van der Waals surface area contributed by atoms with E-state index in [1.165, 1.54) is 6.08 Å². The lowest BCUT2D eigenvalue weighted by atomic mass is 10.0. The number of esters is 1. The molecule has 2 aliphatic heterocycles. The summed E-state index contributed by atoms with van der Waals surface area (Å²) in [6.07, 6.45) is 5.00. The van der Waals surface area contributed by atoms with Crippen LogP contribution in [0.3, 0.4) is 0 Å². The molecular formula is C10H12O4. The Bertz CT molecular complexity index is 292. The van der Waals surface area contributed by atoms with E-state index in [1.807, 2.05) is 0 Å². The second-order valence-electron chi connectivity index (χ2n) is 3.45. The summed E-state index contributed by atoms with van der Waals surface area (Å²) in [6.45, 7) is 1.66. The van der Waals surface area contributed by atoms with Crippen molar-refractivity contribution in [3.05, 3.63) is 24.3 Å². The molecule has 0 aromatic heterocycles. The highest BCUT2D eigenvalue weighted by atomic mass is 16.6. The van der Waals surface area contributed by atoms with Crippen LogP contribution in [-0.2, 0) is 14.3 Å². The van der Waals surface area contributed by atoms with E-state index in [0.29, 0.717) is 0 Å². The molecule has 0 aliphatic carbocycles. The van der Waals surface area contributed by atoms with Crippen LogP contribution in [0.15, 0.2) is 24.3 Å². The van der Waals surface area contributed by atoms with Crippen molar-refractivity contribution < 1.29 is 19.4 Å². The molecule has 14 heavy (non-hydrogen) atoms. The van der Waals surface area contributed by atoms with E-state index >= 15 is 0 Å². The SMILES string of the molecule is C[C@@H](O)[C@@H]1C=C[C@H]2OC(=O)C=CC2O1. The van der Waals surface area contributed by atoms with Crippen molar-refractivity contribution in [1.82, 2.24) is 0 Å². The van der Waals surface area contributed by atoms with E-state index in [9.17, 15) is 9.90 Å². The van der Waals surface area contributed by atoms with Gasteiger partial charge in [-0.3, -0.25) is 0 Å². The van der Waals surface area contributed by atoms with Crippen molar-refractivity contribution in [2.75, 3.05) is 0 Å². The Morgan fingerprint density at radius 2 is 2.14 bits per heavy atom. The number of hydrogen-bond donors (Lipinski definition) is 1. The molecule has 0 bridgehead atoms. The molecular weight excluding hydrogens is 184 g/mol. The number of carbonyl (C=O) groups is 1. The zero-order chi connectivity index (χ0) is 10.1. The van der Waals surface area contributed by atoms with Gasteiger partial charge in [0.15, 0.2) is 6.10 Å². The van der Waals surface area contributed by atoms with Gasteiger partial charge >= 0.3 is 5.97 Å². The Morgan fingerprint density at radius 3 is 2.86 bits per heavy atom. The summed E-state index contributed by atoms with van der Waals surface area (Å²) in [7, 11) is 0. The van der Waals surface area contributed by atoms with Crippen LogP contribution in [-0.4, -0.2) is 35.5 Å². The zero-order valence-electron chi connectivity index (χ0n) is 7.79. The van der Waals surface area contributed by atoms with Crippen molar-refractivity contribution in [3.8, 4) is 0 Å². The largest absolute Gasteiger partial charge is 0.452 e. The Morgan fingerprint density at radius 1 is 1.36 bits per heavy atom. The molecule has 0 spiro atoms. The highest BCUT2D eigenvalue weighted by Gasteiger charge is 2.32. The molecule has 4 nitrogen and oxygen atoms in total. The van der Waals surface area contributed by atoms with Gasteiger partial charge in [-0.25, -0.2) is 4.79 Å². The number of carbonyl (C=O) groups excluding carboxylic acids is 1. The van der Waals surface area contributed by atoms with Crippen LogP contribution in [0, 0.1) is 0 Å². The number of aliphatic hydroxyl groups is 1. The molecule has 2 rings (SSSR count). The van der Waals surface area contributed by atoms with Crippen LogP contribution >= 0.6 is 0 Å². The number of rotatable bonds is 1. The molecule has 0 saturated heterocycles. The third-order valence-electron chi connectivity index (χ3n) is 2.28. The third-order valence-corrected chi connectivity index (χ3v) is 2.28. The molecule has 1 N–H and O–H groups in total. The second kappa shape index (κ2) is 3.55. The number of hydrogen-bond acceptors (Lipinski definition) is 4. The fraction of sp³-hybridized carbons (Fsp3) is 0.500. The molecule has 2 heterocycles. The predicted molar refractivity (Wildman–Crippen MR) is 48.5 cm³/mol. The van der Waals surface area contributed by atoms with Gasteiger partial charge in [0.1, 0.15) is 12.2 Å². The second-order valence-corrected chi connectivity index (χ2v) is 3.45. The van der Waals surface area contributed by atoms with E-state index in [0.717, 1.165) is 0 Å². The van der Waals surface area contributed by atoms with Gasteiger partial charge < -0.3 is 14.6 Å². The quantitative estimate of drug-likeness (QED) is 0.480.